The zero-order valence-corrected chi connectivity index (χ0v) is 12.3. The topological polar surface area (TPSA) is 60.9 Å². The van der Waals surface area contributed by atoms with Gasteiger partial charge in [0.1, 0.15) is 6.04 Å². The second-order valence-electron chi connectivity index (χ2n) is 6.03. The average molecular weight is 288 g/mol. The first-order valence-corrected chi connectivity index (χ1v) is 7.37. The molecule has 5 nitrogen and oxygen atoms in total. The van der Waals surface area contributed by atoms with Gasteiger partial charge in [0, 0.05) is 25.2 Å². The van der Waals surface area contributed by atoms with Gasteiger partial charge in [0.15, 0.2) is 0 Å². The van der Waals surface area contributed by atoms with Crippen molar-refractivity contribution >= 4 is 17.7 Å². The number of aliphatic carboxylic acids is 1. The molecule has 0 aromatic heterocycles. The molecule has 5 heteroatoms. The molecule has 1 saturated carbocycles. The van der Waals surface area contributed by atoms with E-state index in [1.54, 1.807) is 11.9 Å². The Kier molecular flexibility index (Phi) is 3.35. The predicted molar refractivity (Wildman–Crippen MR) is 79.4 cm³/mol. The molecule has 0 radical (unpaired) electrons. The van der Waals surface area contributed by atoms with Gasteiger partial charge in [-0.3, -0.25) is 4.90 Å². The van der Waals surface area contributed by atoms with E-state index in [0.29, 0.717) is 12.3 Å². The van der Waals surface area contributed by atoms with E-state index in [1.807, 2.05) is 31.2 Å². The van der Waals surface area contributed by atoms with Crippen molar-refractivity contribution in [3.05, 3.63) is 29.8 Å². The Balaban J connectivity index is 1.89. The number of amides is 2. The fourth-order valence-corrected chi connectivity index (χ4v) is 3.06. The van der Waals surface area contributed by atoms with Crippen LogP contribution in [0.3, 0.4) is 0 Å². The highest BCUT2D eigenvalue weighted by Crippen LogP contribution is 2.37. The van der Waals surface area contributed by atoms with Crippen LogP contribution in [-0.2, 0) is 11.2 Å². The number of fused-ring (bicyclic) bond motifs is 1. The molecule has 0 bridgehead atoms. The molecule has 1 aromatic rings. The number of hydrogen-bond acceptors (Lipinski definition) is 2. The van der Waals surface area contributed by atoms with Crippen molar-refractivity contribution in [1.29, 1.82) is 0 Å². The first-order chi connectivity index (χ1) is 10.0. The summed E-state index contributed by atoms with van der Waals surface area (Å²) >= 11 is 0. The van der Waals surface area contributed by atoms with E-state index in [0.717, 1.165) is 24.1 Å². The Morgan fingerprint density at radius 2 is 2.00 bits per heavy atom. The fourth-order valence-electron chi connectivity index (χ4n) is 3.06. The summed E-state index contributed by atoms with van der Waals surface area (Å²) in [6.45, 7) is 2.04. The lowest BCUT2D eigenvalue weighted by atomic mass is 10.1. The van der Waals surface area contributed by atoms with Crippen molar-refractivity contribution in [1.82, 2.24) is 4.90 Å². The lowest BCUT2D eigenvalue weighted by Crippen LogP contribution is -2.51. The summed E-state index contributed by atoms with van der Waals surface area (Å²) in [6, 6.07) is 6.57. The molecule has 2 amide bonds. The molecule has 1 aromatic carbocycles. The standard InChI is InChI=1S/C16H20N2O3/c1-10(11-7-8-11)17(2)16(21)18-13-6-4-3-5-12(13)9-14(18)15(19)20/h3-6,10-11,14H,7-9H2,1-2H3,(H,19,20)/t10?,14-/m0/s1. The zero-order valence-electron chi connectivity index (χ0n) is 12.3. The minimum Gasteiger partial charge on any atom is -0.480 e. The highest BCUT2D eigenvalue weighted by Gasteiger charge is 2.42. The van der Waals surface area contributed by atoms with E-state index in [-0.39, 0.29) is 12.1 Å². The van der Waals surface area contributed by atoms with Gasteiger partial charge in [-0.15, -0.1) is 0 Å². The number of para-hydroxylation sites is 1. The average Bonchev–Trinajstić information content (AvgIpc) is 3.24. The van der Waals surface area contributed by atoms with Crippen molar-refractivity contribution < 1.29 is 14.7 Å². The Labute approximate surface area is 124 Å². The number of carbonyl (C=O) groups is 2. The van der Waals surface area contributed by atoms with Crippen LogP contribution in [0.25, 0.3) is 0 Å². The lowest BCUT2D eigenvalue weighted by molar-refractivity contribution is -0.138. The van der Waals surface area contributed by atoms with Gasteiger partial charge in [0.25, 0.3) is 0 Å². The van der Waals surface area contributed by atoms with Crippen molar-refractivity contribution in [3.8, 4) is 0 Å². The molecule has 1 aliphatic carbocycles. The van der Waals surface area contributed by atoms with Crippen LogP contribution in [0.15, 0.2) is 24.3 Å². The number of carboxylic acids is 1. The van der Waals surface area contributed by atoms with E-state index < -0.39 is 12.0 Å². The number of benzene rings is 1. The highest BCUT2D eigenvalue weighted by atomic mass is 16.4. The van der Waals surface area contributed by atoms with E-state index in [1.165, 1.54) is 4.90 Å². The fraction of sp³-hybridized carbons (Fsp3) is 0.500. The quantitative estimate of drug-likeness (QED) is 0.928. The van der Waals surface area contributed by atoms with Gasteiger partial charge >= 0.3 is 12.0 Å². The van der Waals surface area contributed by atoms with Gasteiger partial charge in [0.05, 0.1) is 0 Å². The van der Waals surface area contributed by atoms with E-state index in [9.17, 15) is 14.7 Å². The smallest absolute Gasteiger partial charge is 0.327 e. The molecule has 1 unspecified atom stereocenters. The summed E-state index contributed by atoms with van der Waals surface area (Å²) in [7, 11) is 1.77. The van der Waals surface area contributed by atoms with Crippen molar-refractivity contribution in [3.63, 3.8) is 0 Å². The Morgan fingerprint density at radius 1 is 1.33 bits per heavy atom. The molecule has 1 fully saturated rings. The minimum absolute atomic E-state index is 0.153. The molecule has 1 aliphatic heterocycles. The maximum atomic E-state index is 12.8. The Bertz CT molecular complexity index is 583. The van der Waals surface area contributed by atoms with Gasteiger partial charge < -0.3 is 10.0 Å². The maximum Gasteiger partial charge on any atom is 0.327 e. The van der Waals surface area contributed by atoms with Crippen LogP contribution in [0, 0.1) is 5.92 Å². The van der Waals surface area contributed by atoms with Crippen LogP contribution < -0.4 is 4.90 Å². The molecule has 0 saturated heterocycles. The largest absolute Gasteiger partial charge is 0.480 e. The minimum atomic E-state index is -0.952. The number of carboxylic acid groups (broad SMARTS) is 1. The van der Waals surface area contributed by atoms with Crippen molar-refractivity contribution in [2.45, 2.75) is 38.3 Å². The van der Waals surface area contributed by atoms with E-state index >= 15 is 0 Å². The SMILES string of the molecule is CC(C1CC1)N(C)C(=O)N1c2ccccc2C[C@H]1C(=O)O. The molecule has 1 heterocycles. The van der Waals surface area contributed by atoms with Crippen LogP contribution >= 0.6 is 0 Å². The molecule has 2 atom stereocenters. The monoisotopic (exact) mass is 288 g/mol. The maximum absolute atomic E-state index is 12.8. The second-order valence-corrected chi connectivity index (χ2v) is 6.03. The summed E-state index contributed by atoms with van der Waals surface area (Å²) < 4.78 is 0. The summed E-state index contributed by atoms with van der Waals surface area (Å²) in [5.74, 6) is -0.396. The Morgan fingerprint density at radius 3 is 2.62 bits per heavy atom. The van der Waals surface area contributed by atoms with Crippen molar-refractivity contribution in [2.75, 3.05) is 11.9 Å². The Hall–Kier alpha value is -2.04. The molecule has 2 aliphatic rings. The van der Waals surface area contributed by atoms with Crippen LogP contribution in [0.5, 0.6) is 0 Å². The molecule has 0 spiro atoms. The van der Waals surface area contributed by atoms with Crippen LogP contribution in [0.2, 0.25) is 0 Å². The van der Waals surface area contributed by atoms with Crippen LogP contribution in [-0.4, -0.2) is 41.1 Å². The van der Waals surface area contributed by atoms with Crippen LogP contribution in [0.1, 0.15) is 25.3 Å². The third kappa shape index (κ3) is 2.37. The zero-order chi connectivity index (χ0) is 15.1. The van der Waals surface area contributed by atoms with E-state index in [4.69, 9.17) is 0 Å². The molecule has 1 N–H and O–H groups in total. The first kappa shape index (κ1) is 13.9. The molecular formula is C16H20N2O3. The van der Waals surface area contributed by atoms with Gasteiger partial charge in [0.2, 0.25) is 0 Å². The van der Waals surface area contributed by atoms with Gasteiger partial charge in [-0.1, -0.05) is 18.2 Å². The summed E-state index contributed by atoms with van der Waals surface area (Å²) in [5, 5.41) is 9.43. The summed E-state index contributed by atoms with van der Waals surface area (Å²) in [4.78, 5) is 27.4. The van der Waals surface area contributed by atoms with Crippen LogP contribution in [0.4, 0.5) is 10.5 Å². The molecular weight excluding hydrogens is 268 g/mol. The molecule has 21 heavy (non-hydrogen) atoms. The van der Waals surface area contributed by atoms with Gasteiger partial charge in [-0.2, -0.15) is 0 Å². The number of anilines is 1. The number of urea groups is 1. The van der Waals surface area contributed by atoms with Gasteiger partial charge in [-0.05, 0) is 37.3 Å². The number of carbonyl (C=O) groups excluding carboxylic acids is 1. The summed E-state index contributed by atoms with van der Waals surface area (Å²) in [6.07, 6.45) is 2.68. The number of nitrogens with zero attached hydrogens (tertiary/aromatic N) is 2. The number of hydrogen-bond donors (Lipinski definition) is 1. The first-order valence-electron chi connectivity index (χ1n) is 7.37. The molecule has 3 rings (SSSR count). The molecule has 112 valence electrons. The second kappa shape index (κ2) is 5.06. The lowest BCUT2D eigenvalue weighted by Gasteiger charge is -2.32. The normalized spacial score (nSPS) is 21.8. The van der Waals surface area contributed by atoms with Gasteiger partial charge in [-0.25, -0.2) is 9.59 Å². The highest BCUT2D eigenvalue weighted by molar-refractivity contribution is 6.01. The number of rotatable bonds is 3. The van der Waals surface area contributed by atoms with E-state index in [2.05, 4.69) is 0 Å². The third-order valence-electron chi connectivity index (χ3n) is 4.68. The van der Waals surface area contributed by atoms with Crippen molar-refractivity contribution in [2.24, 2.45) is 5.92 Å². The third-order valence-corrected chi connectivity index (χ3v) is 4.68. The predicted octanol–water partition coefficient (Wildman–Crippen LogP) is 2.35. The summed E-state index contributed by atoms with van der Waals surface area (Å²) in [5.41, 5.74) is 1.65.